The van der Waals surface area contributed by atoms with Crippen LogP contribution in [0.15, 0.2) is 53.6 Å². The molecule has 1 aromatic carbocycles. The Morgan fingerprint density at radius 3 is 2.24 bits per heavy atom. The van der Waals surface area contributed by atoms with E-state index in [0.717, 1.165) is 18.4 Å². The Morgan fingerprint density at radius 1 is 0.966 bits per heavy atom. The highest BCUT2D eigenvalue weighted by Crippen LogP contribution is 2.46. The van der Waals surface area contributed by atoms with Gasteiger partial charge in [0.25, 0.3) is 0 Å². The van der Waals surface area contributed by atoms with Crippen LogP contribution >= 0.6 is 8.60 Å². The van der Waals surface area contributed by atoms with Crippen LogP contribution < -0.4 is 0 Å². The van der Waals surface area contributed by atoms with Crippen LogP contribution in [-0.2, 0) is 14.5 Å². The molecule has 0 aromatic heterocycles. The Balaban J connectivity index is 1.82. The van der Waals surface area contributed by atoms with Gasteiger partial charge in [0.2, 0.25) is 0 Å². The molecule has 0 bridgehead atoms. The van der Waals surface area contributed by atoms with Crippen molar-refractivity contribution in [1.82, 2.24) is 0 Å². The fourth-order valence-corrected chi connectivity index (χ4v) is 5.13. The van der Waals surface area contributed by atoms with Crippen molar-refractivity contribution in [3.63, 3.8) is 0 Å². The summed E-state index contributed by atoms with van der Waals surface area (Å²) in [4.78, 5) is 10.4. The molecule has 0 saturated heterocycles. The maximum Gasteiger partial charge on any atom is 0.330 e. The minimum absolute atomic E-state index is 0.233. The molecule has 0 amide bonds. The zero-order chi connectivity index (χ0) is 21.1. The van der Waals surface area contributed by atoms with Crippen LogP contribution in [-0.4, -0.2) is 17.6 Å². The van der Waals surface area contributed by atoms with Gasteiger partial charge in [0.15, 0.2) is 0 Å². The third kappa shape index (κ3) is 7.64. The number of rotatable bonds is 13. The van der Waals surface area contributed by atoms with Gasteiger partial charge in [-0.05, 0) is 38.3 Å². The van der Waals surface area contributed by atoms with Gasteiger partial charge in [-0.1, -0.05) is 99.9 Å². The van der Waals surface area contributed by atoms with Gasteiger partial charge in [-0.3, -0.25) is 0 Å². The van der Waals surface area contributed by atoms with Gasteiger partial charge in [0, 0.05) is 5.41 Å². The topological polar surface area (TPSA) is 38.7 Å². The van der Waals surface area contributed by atoms with Gasteiger partial charge in [-0.25, -0.2) is 0 Å². The molecule has 0 saturated carbocycles. The number of benzene rings is 1. The van der Waals surface area contributed by atoms with E-state index in [-0.39, 0.29) is 11.5 Å². The molecule has 0 fully saturated rings. The molecule has 1 aliphatic carbocycles. The summed E-state index contributed by atoms with van der Waals surface area (Å²) in [5, 5.41) is 0. The van der Waals surface area contributed by atoms with Crippen LogP contribution in [0.4, 0.5) is 0 Å². The molecule has 3 atom stereocenters. The number of unbranched alkanes of at least 4 members (excludes halogenated alkanes) is 7. The molecular formula is C25H39O3P. The van der Waals surface area contributed by atoms with Gasteiger partial charge < -0.3 is 13.9 Å². The molecule has 162 valence electrons. The van der Waals surface area contributed by atoms with E-state index in [4.69, 9.17) is 9.05 Å². The number of hydrogen-bond acceptors (Lipinski definition) is 3. The largest absolute Gasteiger partial charge is 0.330 e. The normalized spacial score (nSPS) is 22.9. The van der Waals surface area contributed by atoms with E-state index >= 15 is 0 Å². The van der Waals surface area contributed by atoms with Crippen molar-refractivity contribution in [3.05, 3.63) is 59.2 Å². The van der Waals surface area contributed by atoms with Gasteiger partial charge in [0.1, 0.15) is 6.10 Å². The fraction of sp³-hybridized carbons (Fsp3) is 0.600. The average Bonchev–Trinajstić information content (AvgIpc) is 2.70. The lowest BCUT2D eigenvalue weighted by molar-refractivity contribution is 0.124. The molecule has 3 unspecified atom stereocenters. The Bertz CT molecular complexity index is 655. The van der Waals surface area contributed by atoms with Crippen molar-refractivity contribution in [1.29, 1.82) is 0 Å². The first-order valence-electron chi connectivity index (χ1n) is 11.2. The lowest BCUT2D eigenvalue weighted by Gasteiger charge is -2.39. The molecule has 2 rings (SSSR count). The second-order valence-corrected chi connectivity index (χ2v) is 9.40. The summed E-state index contributed by atoms with van der Waals surface area (Å²) in [6, 6.07) is 10.4. The maximum absolute atomic E-state index is 10.4. The molecule has 0 heterocycles. The maximum atomic E-state index is 10.4. The molecule has 3 nitrogen and oxygen atoms in total. The standard InChI is InChI=1S/C25H39O3P/c1-5-6-7-8-9-10-11-15-18-27-29(26)28-24-22(3)19-21(2)20-25(24,4)23-16-13-12-14-17-23/h12-14,16-17,19-20,24,26H,5-11,15,18H2,1-4H3. The molecule has 0 spiro atoms. The van der Waals surface area contributed by atoms with Crippen LogP contribution in [0.25, 0.3) is 0 Å². The third-order valence-electron chi connectivity index (χ3n) is 5.73. The molecule has 0 aliphatic heterocycles. The van der Waals surface area contributed by atoms with Gasteiger partial charge in [-0.2, -0.15) is 0 Å². The second kappa shape index (κ2) is 12.6. The predicted molar refractivity (Wildman–Crippen MR) is 124 cm³/mol. The summed E-state index contributed by atoms with van der Waals surface area (Å²) in [5.74, 6) is 0. The van der Waals surface area contributed by atoms with Crippen molar-refractivity contribution in [2.75, 3.05) is 6.61 Å². The van der Waals surface area contributed by atoms with Crippen molar-refractivity contribution in [2.24, 2.45) is 0 Å². The minimum atomic E-state index is -1.90. The van der Waals surface area contributed by atoms with Crippen LogP contribution in [0.2, 0.25) is 0 Å². The Labute approximate surface area is 179 Å². The molecule has 1 aliphatic rings. The van der Waals surface area contributed by atoms with Crippen LogP contribution in [0.1, 0.15) is 84.6 Å². The first-order valence-corrected chi connectivity index (χ1v) is 12.3. The summed E-state index contributed by atoms with van der Waals surface area (Å²) >= 11 is 0. The van der Waals surface area contributed by atoms with Crippen LogP contribution in [0.5, 0.6) is 0 Å². The second-order valence-electron chi connectivity index (χ2n) is 8.46. The van der Waals surface area contributed by atoms with Gasteiger partial charge in [0.05, 0.1) is 6.61 Å². The summed E-state index contributed by atoms with van der Waals surface area (Å²) in [7, 11) is -1.90. The Morgan fingerprint density at radius 2 is 1.59 bits per heavy atom. The average molecular weight is 419 g/mol. The molecule has 29 heavy (non-hydrogen) atoms. The van der Waals surface area contributed by atoms with Crippen molar-refractivity contribution < 1.29 is 13.9 Å². The Kier molecular flexibility index (Phi) is 10.6. The summed E-state index contributed by atoms with van der Waals surface area (Å²) in [6.45, 7) is 9.17. The van der Waals surface area contributed by atoms with Crippen molar-refractivity contribution in [3.8, 4) is 0 Å². The third-order valence-corrected chi connectivity index (χ3v) is 6.53. The minimum Gasteiger partial charge on any atom is -0.328 e. The van der Waals surface area contributed by atoms with E-state index in [1.165, 1.54) is 49.7 Å². The van der Waals surface area contributed by atoms with Gasteiger partial charge in [-0.15, -0.1) is 0 Å². The van der Waals surface area contributed by atoms with E-state index in [0.29, 0.717) is 6.61 Å². The molecule has 0 radical (unpaired) electrons. The van der Waals surface area contributed by atoms with E-state index in [1.807, 2.05) is 6.07 Å². The lowest BCUT2D eigenvalue weighted by Crippen LogP contribution is -2.39. The van der Waals surface area contributed by atoms with Gasteiger partial charge >= 0.3 is 8.60 Å². The molecule has 1 aromatic rings. The first kappa shape index (κ1) is 24.3. The van der Waals surface area contributed by atoms with E-state index in [9.17, 15) is 4.89 Å². The zero-order valence-electron chi connectivity index (χ0n) is 18.7. The molecule has 1 N–H and O–H groups in total. The number of hydrogen-bond donors (Lipinski definition) is 1. The predicted octanol–water partition coefficient (Wildman–Crippen LogP) is 7.61. The Hall–Kier alpha value is -0.990. The summed E-state index contributed by atoms with van der Waals surface area (Å²) in [5.41, 5.74) is 3.20. The SMILES string of the molecule is CCCCCCCCCCOP(O)OC1C(C)=CC(C)=CC1(C)c1ccccc1. The summed E-state index contributed by atoms with van der Waals surface area (Å²) < 4.78 is 11.7. The molecule has 4 heteroatoms. The highest BCUT2D eigenvalue weighted by Gasteiger charge is 2.40. The first-order chi connectivity index (χ1) is 14.0. The van der Waals surface area contributed by atoms with Crippen molar-refractivity contribution >= 4 is 8.60 Å². The van der Waals surface area contributed by atoms with E-state index < -0.39 is 8.60 Å². The van der Waals surface area contributed by atoms with Crippen LogP contribution in [0.3, 0.4) is 0 Å². The van der Waals surface area contributed by atoms with E-state index in [2.05, 4.69) is 64.1 Å². The monoisotopic (exact) mass is 418 g/mol. The lowest BCUT2D eigenvalue weighted by atomic mass is 9.71. The molecular weight excluding hydrogens is 379 g/mol. The highest BCUT2D eigenvalue weighted by molar-refractivity contribution is 7.40. The van der Waals surface area contributed by atoms with Crippen molar-refractivity contribution in [2.45, 2.75) is 90.6 Å². The zero-order valence-corrected chi connectivity index (χ0v) is 19.6. The highest BCUT2D eigenvalue weighted by atomic mass is 31.2. The fourth-order valence-electron chi connectivity index (χ4n) is 4.22. The number of allylic oxidation sites excluding steroid dienone is 2. The smallest absolute Gasteiger partial charge is 0.328 e. The van der Waals surface area contributed by atoms with E-state index in [1.54, 1.807) is 0 Å². The quantitative estimate of drug-likeness (QED) is 0.265. The summed E-state index contributed by atoms with van der Waals surface area (Å²) in [6.07, 6.45) is 14.2. The van der Waals surface area contributed by atoms with Crippen LogP contribution in [0, 0.1) is 0 Å².